The lowest BCUT2D eigenvalue weighted by atomic mass is 10.0. The number of aryl methyl sites for hydroxylation is 1. The van der Waals surface area contributed by atoms with E-state index in [-0.39, 0.29) is 30.3 Å². The number of aromatic nitrogens is 2. The molecule has 0 aliphatic heterocycles. The second-order valence-corrected chi connectivity index (χ2v) is 5.43. The van der Waals surface area contributed by atoms with Gasteiger partial charge in [0.2, 0.25) is 5.91 Å². The van der Waals surface area contributed by atoms with Crippen LogP contribution in [0.3, 0.4) is 0 Å². The molecule has 6 heteroatoms. The van der Waals surface area contributed by atoms with E-state index in [1.54, 1.807) is 0 Å². The van der Waals surface area contributed by atoms with Crippen LogP contribution in [-0.4, -0.2) is 21.7 Å². The Morgan fingerprint density at radius 1 is 1.23 bits per heavy atom. The van der Waals surface area contributed by atoms with Crippen molar-refractivity contribution in [2.75, 3.05) is 5.32 Å². The van der Waals surface area contributed by atoms with Crippen LogP contribution in [0.15, 0.2) is 30.3 Å². The molecule has 2 rings (SSSR count). The molecular formula is C16H23ClN4O. The molecule has 3 N–H and O–H groups in total. The van der Waals surface area contributed by atoms with Gasteiger partial charge in [0.15, 0.2) is 0 Å². The maximum absolute atomic E-state index is 12.2. The summed E-state index contributed by atoms with van der Waals surface area (Å²) < 4.78 is 1.83. The number of hydrogen-bond acceptors (Lipinski definition) is 3. The molecule has 120 valence electrons. The fraction of sp³-hybridized carbons (Fsp3) is 0.375. The van der Waals surface area contributed by atoms with Crippen LogP contribution in [-0.2, 0) is 4.79 Å². The Kier molecular flexibility index (Phi) is 6.14. The van der Waals surface area contributed by atoms with Gasteiger partial charge in [-0.1, -0.05) is 25.1 Å². The van der Waals surface area contributed by atoms with Crippen molar-refractivity contribution in [2.24, 2.45) is 11.7 Å². The summed E-state index contributed by atoms with van der Waals surface area (Å²) in [7, 11) is 0. The number of anilines is 1. The van der Waals surface area contributed by atoms with Crippen LogP contribution in [0.5, 0.6) is 0 Å². The van der Waals surface area contributed by atoms with Gasteiger partial charge in [-0.25, -0.2) is 4.68 Å². The van der Waals surface area contributed by atoms with Gasteiger partial charge < -0.3 is 11.1 Å². The number of halogens is 1. The van der Waals surface area contributed by atoms with E-state index in [2.05, 4.69) is 10.4 Å². The number of nitrogens with one attached hydrogen (secondary N) is 1. The second-order valence-electron chi connectivity index (χ2n) is 5.43. The highest BCUT2D eigenvalue weighted by molar-refractivity contribution is 5.93. The highest BCUT2D eigenvalue weighted by atomic mass is 35.5. The van der Waals surface area contributed by atoms with Crippen LogP contribution in [0.2, 0.25) is 0 Å². The molecule has 0 bridgehead atoms. The Labute approximate surface area is 137 Å². The van der Waals surface area contributed by atoms with Gasteiger partial charge in [0.25, 0.3) is 0 Å². The van der Waals surface area contributed by atoms with Gasteiger partial charge in [-0.15, -0.1) is 12.4 Å². The van der Waals surface area contributed by atoms with E-state index in [1.807, 2.05) is 62.7 Å². The van der Waals surface area contributed by atoms with Crippen LogP contribution in [0.25, 0.3) is 5.69 Å². The van der Waals surface area contributed by atoms with Gasteiger partial charge in [0, 0.05) is 6.04 Å². The van der Waals surface area contributed by atoms with Gasteiger partial charge in [-0.2, -0.15) is 5.10 Å². The van der Waals surface area contributed by atoms with E-state index in [0.717, 1.165) is 22.8 Å². The molecular weight excluding hydrogens is 300 g/mol. The molecule has 22 heavy (non-hydrogen) atoms. The average molecular weight is 323 g/mol. The number of para-hydroxylation sites is 1. The molecule has 0 aliphatic carbocycles. The molecule has 5 nitrogen and oxygen atoms in total. The molecule has 2 unspecified atom stereocenters. The summed E-state index contributed by atoms with van der Waals surface area (Å²) in [5, 5.41) is 7.46. The minimum absolute atomic E-state index is 0. The lowest BCUT2D eigenvalue weighted by molar-refractivity contribution is -0.119. The normalized spacial score (nSPS) is 13.1. The van der Waals surface area contributed by atoms with Crippen molar-refractivity contribution in [1.82, 2.24) is 9.78 Å². The van der Waals surface area contributed by atoms with Gasteiger partial charge in [-0.05, 0) is 32.9 Å². The zero-order valence-corrected chi connectivity index (χ0v) is 14.1. The summed E-state index contributed by atoms with van der Waals surface area (Å²) in [6.07, 6.45) is 0. The topological polar surface area (TPSA) is 72.9 Å². The first-order valence-electron chi connectivity index (χ1n) is 7.10. The van der Waals surface area contributed by atoms with E-state index in [0.29, 0.717) is 0 Å². The first kappa shape index (κ1) is 18.2. The minimum Gasteiger partial charge on any atom is -0.327 e. The zero-order valence-electron chi connectivity index (χ0n) is 13.3. The first-order chi connectivity index (χ1) is 9.91. The van der Waals surface area contributed by atoms with E-state index in [4.69, 9.17) is 5.73 Å². The minimum atomic E-state index is -0.246. The molecule has 0 spiro atoms. The number of hydrogen-bond donors (Lipinski definition) is 2. The van der Waals surface area contributed by atoms with E-state index in [1.165, 1.54) is 0 Å². The summed E-state index contributed by atoms with van der Waals surface area (Å²) in [4.78, 5) is 12.2. The Hall–Kier alpha value is -1.85. The van der Waals surface area contributed by atoms with Crippen LogP contribution in [0.4, 0.5) is 5.69 Å². The third kappa shape index (κ3) is 3.67. The van der Waals surface area contributed by atoms with Crippen molar-refractivity contribution in [2.45, 2.75) is 33.7 Å². The predicted molar refractivity (Wildman–Crippen MR) is 91.7 cm³/mol. The van der Waals surface area contributed by atoms with Crippen LogP contribution in [0.1, 0.15) is 25.2 Å². The number of nitrogens with two attached hydrogens (primary N) is 1. The van der Waals surface area contributed by atoms with E-state index in [9.17, 15) is 4.79 Å². The van der Waals surface area contributed by atoms with Crippen LogP contribution >= 0.6 is 12.4 Å². The molecule has 0 saturated heterocycles. The van der Waals surface area contributed by atoms with Gasteiger partial charge >= 0.3 is 0 Å². The van der Waals surface area contributed by atoms with Crippen molar-refractivity contribution in [3.63, 3.8) is 0 Å². The van der Waals surface area contributed by atoms with Crippen molar-refractivity contribution in [3.05, 3.63) is 41.7 Å². The number of carbonyl (C=O) groups excluding carboxylic acids is 1. The Bertz CT molecular complexity index is 637. The van der Waals surface area contributed by atoms with Gasteiger partial charge in [0.1, 0.15) is 0 Å². The zero-order chi connectivity index (χ0) is 15.6. The van der Waals surface area contributed by atoms with Crippen LogP contribution < -0.4 is 11.1 Å². The second kappa shape index (κ2) is 7.42. The highest BCUT2D eigenvalue weighted by Crippen LogP contribution is 2.23. The maximum Gasteiger partial charge on any atom is 0.228 e. The van der Waals surface area contributed by atoms with E-state index < -0.39 is 0 Å². The molecule has 2 aromatic rings. The van der Waals surface area contributed by atoms with Gasteiger partial charge in [-0.3, -0.25) is 4.79 Å². The van der Waals surface area contributed by atoms with Crippen molar-refractivity contribution in [3.8, 4) is 5.69 Å². The predicted octanol–water partition coefficient (Wildman–Crippen LogP) is 2.83. The molecule has 2 atom stereocenters. The third-order valence-corrected chi connectivity index (χ3v) is 3.74. The molecule has 1 aromatic heterocycles. The number of amides is 1. The third-order valence-electron chi connectivity index (χ3n) is 3.74. The number of rotatable bonds is 4. The lowest BCUT2D eigenvalue weighted by Crippen LogP contribution is -2.34. The molecule has 0 fully saturated rings. The van der Waals surface area contributed by atoms with Crippen molar-refractivity contribution in [1.29, 1.82) is 0 Å². The molecule has 0 saturated carbocycles. The molecule has 1 aromatic carbocycles. The van der Waals surface area contributed by atoms with E-state index >= 15 is 0 Å². The monoisotopic (exact) mass is 322 g/mol. The summed E-state index contributed by atoms with van der Waals surface area (Å²) in [6, 6.07) is 9.66. The molecule has 1 amide bonds. The summed E-state index contributed by atoms with van der Waals surface area (Å²) in [5.41, 5.74) is 9.21. The van der Waals surface area contributed by atoms with Crippen LogP contribution in [0, 0.1) is 19.8 Å². The lowest BCUT2D eigenvalue weighted by Gasteiger charge is -2.15. The molecule has 0 aliphatic rings. The Morgan fingerprint density at radius 3 is 2.36 bits per heavy atom. The smallest absolute Gasteiger partial charge is 0.228 e. The van der Waals surface area contributed by atoms with Crippen molar-refractivity contribution < 1.29 is 4.79 Å². The average Bonchev–Trinajstić information content (AvgIpc) is 2.75. The Morgan fingerprint density at radius 2 is 1.82 bits per heavy atom. The quantitative estimate of drug-likeness (QED) is 0.909. The van der Waals surface area contributed by atoms with Gasteiger partial charge in [0.05, 0.1) is 28.7 Å². The van der Waals surface area contributed by atoms with Crippen molar-refractivity contribution >= 4 is 24.0 Å². The number of carbonyl (C=O) groups is 1. The highest BCUT2D eigenvalue weighted by Gasteiger charge is 2.21. The largest absolute Gasteiger partial charge is 0.327 e. The fourth-order valence-electron chi connectivity index (χ4n) is 2.12. The standard InChI is InChI=1S/C16H22N4O.ClH/c1-10(11(2)17)16(21)18-15-12(3)19-20(13(15)4)14-8-6-5-7-9-14;/h5-11H,17H2,1-4H3,(H,18,21);1H. The molecule has 0 radical (unpaired) electrons. The number of benzene rings is 1. The fourth-order valence-corrected chi connectivity index (χ4v) is 2.12. The summed E-state index contributed by atoms with van der Waals surface area (Å²) in [6.45, 7) is 7.49. The summed E-state index contributed by atoms with van der Waals surface area (Å²) >= 11 is 0. The number of nitrogens with zero attached hydrogens (tertiary/aromatic N) is 2. The SMILES string of the molecule is Cc1nn(-c2ccccc2)c(C)c1NC(=O)C(C)C(C)N.Cl. The summed E-state index contributed by atoms with van der Waals surface area (Å²) in [5.74, 6) is -0.326. The maximum atomic E-state index is 12.2. The Balaban J connectivity index is 0.00000242. The molecule has 1 heterocycles. The first-order valence-corrected chi connectivity index (χ1v) is 7.10.